The van der Waals surface area contributed by atoms with E-state index in [0.29, 0.717) is 0 Å². The predicted molar refractivity (Wildman–Crippen MR) is 75.6 cm³/mol. The molecule has 100 valence electrons. The molecule has 2 heteroatoms. The summed E-state index contributed by atoms with van der Waals surface area (Å²) in [6.45, 7) is 7.42. The molecule has 0 amide bonds. The summed E-state index contributed by atoms with van der Waals surface area (Å²) in [6.07, 6.45) is 3.56. The van der Waals surface area contributed by atoms with E-state index in [0.717, 1.165) is 31.1 Å². The van der Waals surface area contributed by atoms with Crippen molar-refractivity contribution in [2.24, 2.45) is 5.92 Å². The van der Waals surface area contributed by atoms with Crippen LogP contribution < -0.4 is 0 Å². The molecule has 1 aliphatic heterocycles. The van der Waals surface area contributed by atoms with Crippen LogP contribution in [-0.4, -0.2) is 29.6 Å². The Balaban J connectivity index is 1.86. The van der Waals surface area contributed by atoms with Gasteiger partial charge in [-0.1, -0.05) is 43.2 Å². The molecule has 0 saturated carbocycles. The SMILES string of the molecule is CCCC1CCN(CC(O)c2cccc(C)c2)C1. The van der Waals surface area contributed by atoms with Gasteiger partial charge in [-0.15, -0.1) is 0 Å². The number of aliphatic hydroxyl groups excluding tert-OH is 1. The fourth-order valence-corrected chi connectivity index (χ4v) is 2.95. The molecule has 1 heterocycles. The Kier molecular flexibility index (Phi) is 4.79. The zero-order valence-electron chi connectivity index (χ0n) is 11.6. The summed E-state index contributed by atoms with van der Waals surface area (Å²) in [4.78, 5) is 2.41. The minimum absolute atomic E-state index is 0.342. The van der Waals surface area contributed by atoms with E-state index in [1.165, 1.54) is 24.8 Å². The Bertz CT molecular complexity index is 377. The summed E-state index contributed by atoms with van der Waals surface area (Å²) < 4.78 is 0. The highest BCUT2D eigenvalue weighted by molar-refractivity contribution is 5.24. The molecular formula is C16H25NO. The fraction of sp³-hybridized carbons (Fsp3) is 0.625. The van der Waals surface area contributed by atoms with Gasteiger partial charge in [0.2, 0.25) is 0 Å². The monoisotopic (exact) mass is 247 g/mol. The maximum Gasteiger partial charge on any atom is 0.0917 e. The van der Waals surface area contributed by atoms with Gasteiger partial charge in [0, 0.05) is 13.1 Å². The van der Waals surface area contributed by atoms with Gasteiger partial charge in [-0.25, -0.2) is 0 Å². The van der Waals surface area contributed by atoms with Crippen molar-refractivity contribution < 1.29 is 5.11 Å². The molecule has 0 aliphatic carbocycles. The highest BCUT2D eigenvalue weighted by Gasteiger charge is 2.23. The lowest BCUT2D eigenvalue weighted by atomic mass is 10.0. The Morgan fingerprint density at radius 3 is 3.00 bits per heavy atom. The van der Waals surface area contributed by atoms with Crippen molar-refractivity contribution in [2.45, 2.75) is 39.2 Å². The molecule has 1 aliphatic rings. The third-order valence-corrected chi connectivity index (χ3v) is 3.92. The van der Waals surface area contributed by atoms with Crippen molar-refractivity contribution in [1.29, 1.82) is 0 Å². The van der Waals surface area contributed by atoms with E-state index in [1.54, 1.807) is 0 Å². The quantitative estimate of drug-likeness (QED) is 0.864. The number of β-amino-alcohol motifs (C(OH)–C–C–N with tert-alkyl or cyclic N) is 1. The van der Waals surface area contributed by atoms with Crippen LogP contribution in [0.2, 0.25) is 0 Å². The summed E-state index contributed by atoms with van der Waals surface area (Å²) in [7, 11) is 0. The van der Waals surface area contributed by atoms with Gasteiger partial charge in [-0.2, -0.15) is 0 Å². The second-order valence-corrected chi connectivity index (χ2v) is 5.63. The highest BCUT2D eigenvalue weighted by atomic mass is 16.3. The standard InChI is InChI=1S/C16H25NO/c1-3-5-14-8-9-17(11-14)12-16(18)15-7-4-6-13(2)10-15/h4,6-7,10,14,16,18H,3,5,8-9,11-12H2,1-2H3. The maximum absolute atomic E-state index is 10.3. The number of nitrogens with zero attached hydrogens (tertiary/aromatic N) is 1. The van der Waals surface area contributed by atoms with Crippen LogP contribution in [0.15, 0.2) is 24.3 Å². The molecule has 2 atom stereocenters. The van der Waals surface area contributed by atoms with E-state index in [9.17, 15) is 5.11 Å². The molecule has 1 saturated heterocycles. The van der Waals surface area contributed by atoms with Crippen LogP contribution in [-0.2, 0) is 0 Å². The third-order valence-electron chi connectivity index (χ3n) is 3.92. The lowest BCUT2D eigenvalue weighted by Crippen LogP contribution is -2.26. The summed E-state index contributed by atoms with van der Waals surface area (Å²) >= 11 is 0. The number of rotatable bonds is 5. The lowest BCUT2D eigenvalue weighted by molar-refractivity contribution is 0.124. The molecule has 1 aromatic rings. The summed E-state index contributed by atoms with van der Waals surface area (Å²) in [6, 6.07) is 8.21. The maximum atomic E-state index is 10.3. The number of benzene rings is 1. The number of aryl methyl sites for hydroxylation is 1. The van der Waals surface area contributed by atoms with Crippen LogP contribution in [0.5, 0.6) is 0 Å². The second-order valence-electron chi connectivity index (χ2n) is 5.63. The largest absolute Gasteiger partial charge is 0.387 e. The predicted octanol–water partition coefficient (Wildman–Crippen LogP) is 3.15. The van der Waals surface area contributed by atoms with Crippen LogP contribution in [0.3, 0.4) is 0 Å². The fourth-order valence-electron chi connectivity index (χ4n) is 2.95. The van der Waals surface area contributed by atoms with Crippen LogP contribution >= 0.6 is 0 Å². The molecule has 0 aromatic heterocycles. The molecule has 2 nitrogen and oxygen atoms in total. The molecule has 0 radical (unpaired) electrons. The number of hydrogen-bond donors (Lipinski definition) is 1. The molecule has 2 unspecified atom stereocenters. The smallest absolute Gasteiger partial charge is 0.0917 e. The van der Waals surface area contributed by atoms with Crippen LogP contribution in [0.4, 0.5) is 0 Å². The van der Waals surface area contributed by atoms with Crippen molar-refractivity contribution in [3.63, 3.8) is 0 Å². The van der Waals surface area contributed by atoms with Gasteiger partial charge in [0.1, 0.15) is 0 Å². The van der Waals surface area contributed by atoms with E-state index in [4.69, 9.17) is 0 Å². The van der Waals surface area contributed by atoms with Gasteiger partial charge in [-0.3, -0.25) is 0 Å². The first-order chi connectivity index (χ1) is 8.69. The van der Waals surface area contributed by atoms with Gasteiger partial charge >= 0.3 is 0 Å². The van der Waals surface area contributed by atoms with Crippen LogP contribution in [0.1, 0.15) is 43.4 Å². The topological polar surface area (TPSA) is 23.5 Å². The Hall–Kier alpha value is -0.860. The van der Waals surface area contributed by atoms with Crippen molar-refractivity contribution in [2.75, 3.05) is 19.6 Å². The molecule has 0 bridgehead atoms. The van der Waals surface area contributed by atoms with Gasteiger partial charge < -0.3 is 10.0 Å². The highest BCUT2D eigenvalue weighted by Crippen LogP contribution is 2.23. The van der Waals surface area contributed by atoms with E-state index >= 15 is 0 Å². The normalized spacial score (nSPS) is 22.3. The van der Waals surface area contributed by atoms with Crippen LogP contribution in [0, 0.1) is 12.8 Å². The first-order valence-corrected chi connectivity index (χ1v) is 7.16. The molecule has 1 aromatic carbocycles. The van der Waals surface area contributed by atoms with Gasteiger partial charge in [0.15, 0.2) is 0 Å². The van der Waals surface area contributed by atoms with Gasteiger partial charge in [0.05, 0.1) is 6.10 Å². The van der Waals surface area contributed by atoms with E-state index < -0.39 is 0 Å². The zero-order chi connectivity index (χ0) is 13.0. The van der Waals surface area contributed by atoms with Crippen molar-refractivity contribution in [3.05, 3.63) is 35.4 Å². The van der Waals surface area contributed by atoms with Crippen molar-refractivity contribution in [3.8, 4) is 0 Å². The minimum atomic E-state index is -0.342. The summed E-state index contributed by atoms with van der Waals surface area (Å²) in [5, 5.41) is 10.3. The number of hydrogen-bond acceptors (Lipinski definition) is 2. The Morgan fingerprint density at radius 1 is 1.44 bits per heavy atom. The number of likely N-dealkylation sites (tertiary alicyclic amines) is 1. The van der Waals surface area contributed by atoms with E-state index in [-0.39, 0.29) is 6.10 Å². The van der Waals surface area contributed by atoms with Crippen molar-refractivity contribution in [1.82, 2.24) is 4.90 Å². The number of aliphatic hydroxyl groups is 1. The van der Waals surface area contributed by atoms with Crippen molar-refractivity contribution >= 4 is 0 Å². The molecule has 1 fully saturated rings. The molecular weight excluding hydrogens is 222 g/mol. The van der Waals surface area contributed by atoms with E-state index in [2.05, 4.69) is 30.9 Å². The molecule has 2 rings (SSSR count). The zero-order valence-corrected chi connectivity index (χ0v) is 11.6. The summed E-state index contributed by atoms with van der Waals surface area (Å²) in [5.41, 5.74) is 2.27. The first kappa shape index (κ1) is 13.6. The third kappa shape index (κ3) is 3.56. The average molecular weight is 247 g/mol. The van der Waals surface area contributed by atoms with Crippen LogP contribution in [0.25, 0.3) is 0 Å². The minimum Gasteiger partial charge on any atom is -0.387 e. The lowest BCUT2D eigenvalue weighted by Gasteiger charge is -2.20. The summed E-state index contributed by atoms with van der Waals surface area (Å²) in [5.74, 6) is 0.847. The molecule has 1 N–H and O–H groups in total. The Labute approximate surface area is 111 Å². The second kappa shape index (κ2) is 6.35. The van der Waals surface area contributed by atoms with Gasteiger partial charge in [0.25, 0.3) is 0 Å². The Morgan fingerprint density at radius 2 is 2.28 bits per heavy atom. The molecule has 18 heavy (non-hydrogen) atoms. The van der Waals surface area contributed by atoms with E-state index in [1.807, 2.05) is 12.1 Å². The average Bonchev–Trinajstić information content (AvgIpc) is 2.77. The molecule has 0 spiro atoms. The first-order valence-electron chi connectivity index (χ1n) is 7.16. The van der Waals surface area contributed by atoms with Gasteiger partial charge in [-0.05, 0) is 37.8 Å².